The molecule has 2 aromatic heterocycles. The fraction of sp³-hybridized carbons (Fsp3) is 0.0714. The maximum Gasteiger partial charge on any atom is 0.261 e. The van der Waals surface area contributed by atoms with E-state index < -0.39 is 0 Å². The van der Waals surface area contributed by atoms with Gasteiger partial charge in [0.15, 0.2) is 0 Å². The second-order valence-corrected chi connectivity index (χ2v) is 4.31. The molecule has 0 radical (unpaired) electrons. The van der Waals surface area contributed by atoms with Crippen molar-refractivity contribution in [3.05, 3.63) is 54.4 Å². The molecular formula is C14H12N6O. The summed E-state index contributed by atoms with van der Waals surface area (Å²) in [6, 6.07) is 11.0. The van der Waals surface area contributed by atoms with Crippen molar-refractivity contribution in [2.24, 2.45) is 5.10 Å². The Morgan fingerprint density at radius 3 is 2.90 bits per heavy atom. The molecule has 0 saturated carbocycles. The van der Waals surface area contributed by atoms with Crippen LogP contribution in [0.1, 0.15) is 5.56 Å². The lowest BCUT2D eigenvalue weighted by molar-refractivity contribution is -0.121. The standard InChI is InChI=1S/C14H12N6O/c21-14(18-16-9-11-5-7-15-8-6-11)10-20-13-4-2-1-3-12(13)17-19-20/h1-9H,10H2,(H,18,21)/b16-9+. The van der Waals surface area contributed by atoms with E-state index in [1.807, 2.05) is 24.3 Å². The van der Waals surface area contributed by atoms with Gasteiger partial charge in [-0.2, -0.15) is 5.10 Å². The van der Waals surface area contributed by atoms with Crippen LogP contribution in [0.3, 0.4) is 0 Å². The number of hydrazone groups is 1. The van der Waals surface area contributed by atoms with Crippen molar-refractivity contribution in [1.29, 1.82) is 0 Å². The number of para-hydroxylation sites is 1. The largest absolute Gasteiger partial charge is 0.271 e. The lowest BCUT2D eigenvalue weighted by Gasteiger charge is -2.00. The van der Waals surface area contributed by atoms with Crippen molar-refractivity contribution in [2.45, 2.75) is 6.54 Å². The number of aromatic nitrogens is 4. The second kappa shape index (κ2) is 5.91. The summed E-state index contributed by atoms with van der Waals surface area (Å²) < 4.78 is 1.53. The first-order valence-electron chi connectivity index (χ1n) is 6.33. The van der Waals surface area contributed by atoms with Crippen LogP contribution in [-0.4, -0.2) is 32.1 Å². The van der Waals surface area contributed by atoms with Gasteiger partial charge in [0, 0.05) is 12.4 Å². The van der Waals surface area contributed by atoms with Crippen molar-refractivity contribution in [3.8, 4) is 0 Å². The highest BCUT2D eigenvalue weighted by atomic mass is 16.2. The van der Waals surface area contributed by atoms with Crippen molar-refractivity contribution in [1.82, 2.24) is 25.4 Å². The van der Waals surface area contributed by atoms with Crippen molar-refractivity contribution in [2.75, 3.05) is 0 Å². The number of hydrogen-bond acceptors (Lipinski definition) is 5. The lowest BCUT2D eigenvalue weighted by atomic mass is 10.3. The maximum absolute atomic E-state index is 11.8. The summed E-state index contributed by atoms with van der Waals surface area (Å²) >= 11 is 0. The van der Waals surface area contributed by atoms with Gasteiger partial charge in [0.2, 0.25) is 0 Å². The molecule has 1 N–H and O–H groups in total. The van der Waals surface area contributed by atoms with Gasteiger partial charge in [0.25, 0.3) is 5.91 Å². The average molecular weight is 280 g/mol. The fourth-order valence-corrected chi connectivity index (χ4v) is 1.83. The van der Waals surface area contributed by atoms with E-state index in [2.05, 4.69) is 25.8 Å². The highest BCUT2D eigenvalue weighted by Crippen LogP contribution is 2.08. The van der Waals surface area contributed by atoms with E-state index >= 15 is 0 Å². The topological polar surface area (TPSA) is 85.1 Å². The number of pyridine rings is 1. The molecule has 0 unspecified atom stereocenters. The highest BCUT2D eigenvalue weighted by Gasteiger charge is 2.07. The first-order chi connectivity index (χ1) is 10.3. The van der Waals surface area contributed by atoms with Crippen LogP contribution < -0.4 is 5.43 Å². The molecule has 104 valence electrons. The van der Waals surface area contributed by atoms with E-state index in [1.165, 1.54) is 4.68 Å². The smallest absolute Gasteiger partial charge is 0.261 e. The van der Waals surface area contributed by atoms with Gasteiger partial charge in [-0.15, -0.1) is 5.10 Å². The molecule has 0 spiro atoms. The Morgan fingerprint density at radius 1 is 1.24 bits per heavy atom. The van der Waals surface area contributed by atoms with Gasteiger partial charge in [-0.1, -0.05) is 17.3 Å². The Balaban J connectivity index is 1.63. The number of rotatable bonds is 4. The Kier molecular flexibility index (Phi) is 3.64. The molecule has 1 aromatic carbocycles. The van der Waals surface area contributed by atoms with Gasteiger partial charge in [0.05, 0.1) is 11.7 Å². The van der Waals surface area contributed by atoms with E-state index in [-0.39, 0.29) is 12.5 Å². The highest BCUT2D eigenvalue weighted by molar-refractivity contribution is 5.83. The van der Waals surface area contributed by atoms with E-state index in [4.69, 9.17) is 0 Å². The average Bonchev–Trinajstić information content (AvgIpc) is 2.92. The number of carbonyl (C=O) groups excluding carboxylic acids is 1. The van der Waals surface area contributed by atoms with Crippen LogP contribution in [-0.2, 0) is 11.3 Å². The molecule has 7 nitrogen and oxygen atoms in total. The third-order valence-corrected chi connectivity index (χ3v) is 2.82. The summed E-state index contributed by atoms with van der Waals surface area (Å²) in [7, 11) is 0. The van der Waals surface area contributed by atoms with Crippen LogP contribution >= 0.6 is 0 Å². The second-order valence-electron chi connectivity index (χ2n) is 4.31. The molecule has 7 heteroatoms. The number of benzene rings is 1. The van der Waals surface area contributed by atoms with E-state index in [9.17, 15) is 4.79 Å². The molecule has 0 atom stereocenters. The zero-order chi connectivity index (χ0) is 14.5. The van der Waals surface area contributed by atoms with Crippen LogP contribution in [0, 0.1) is 0 Å². The van der Waals surface area contributed by atoms with Crippen LogP contribution in [0.5, 0.6) is 0 Å². The minimum Gasteiger partial charge on any atom is -0.271 e. The van der Waals surface area contributed by atoms with Crippen molar-refractivity contribution >= 4 is 23.2 Å². The molecule has 2 heterocycles. The number of hydrogen-bond donors (Lipinski definition) is 1. The number of fused-ring (bicyclic) bond motifs is 1. The van der Waals surface area contributed by atoms with Crippen LogP contribution in [0.25, 0.3) is 11.0 Å². The predicted octanol–water partition coefficient (Wildman–Crippen LogP) is 0.977. The summed E-state index contributed by atoms with van der Waals surface area (Å²) in [6.07, 6.45) is 4.87. The lowest BCUT2D eigenvalue weighted by Crippen LogP contribution is -2.23. The van der Waals surface area contributed by atoms with Gasteiger partial charge >= 0.3 is 0 Å². The number of carbonyl (C=O) groups is 1. The first kappa shape index (κ1) is 12.9. The Morgan fingerprint density at radius 2 is 2.05 bits per heavy atom. The molecule has 0 saturated heterocycles. The normalized spacial score (nSPS) is 11.0. The predicted molar refractivity (Wildman–Crippen MR) is 77.5 cm³/mol. The third kappa shape index (κ3) is 3.08. The Labute approximate surface area is 120 Å². The minimum absolute atomic E-state index is 0.0637. The van der Waals surface area contributed by atoms with Crippen molar-refractivity contribution in [3.63, 3.8) is 0 Å². The van der Waals surface area contributed by atoms with Crippen molar-refractivity contribution < 1.29 is 4.79 Å². The number of nitrogens with zero attached hydrogens (tertiary/aromatic N) is 5. The molecule has 21 heavy (non-hydrogen) atoms. The Hall–Kier alpha value is -3.09. The summed E-state index contributed by atoms with van der Waals surface area (Å²) in [4.78, 5) is 15.7. The number of nitrogens with one attached hydrogen (secondary N) is 1. The maximum atomic E-state index is 11.8. The van der Waals surface area contributed by atoms with Gasteiger partial charge in [-0.3, -0.25) is 9.78 Å². The monoisotopic (exact) mass is 280 g/mol. The summed E-state index contributed by atoms with van der Waals surface area (Å²) in [5.74, 6) is -0.268. The fourth-order valence-electron chi connectivity index (χ4n) is 1.83. The first-order valence-corrected chi connectivity index (χ1v) is 6.33. The Bertz CT molecular complexity index is 780. The minimum atomic E-state index is -0.268. The summed E-state index contributed by atoms with van der Waals surface area (Å²) in [5, 5.41) is 11.8. The summed E-state index contributed by atoms with van der Waals surface area (Å²) in [5.41, 5.74) is 4.88. The molecule has 0 aliphatic heterocycles. The molecule has 1 amide bonds. The van der Waals surface area contributed by atoms with Gasteiger partial charge in [-0.05, 0) is 29.8 Å². The van der Waals surface area contributed by atoms with Gasteiger partial charge < -0.3 is 0 Å². The molecule has 0 fully saturated rings. The van der Waals surface area contributed by atoms with Crippen LogP contribution in [0.15, 0.2) is 53.9 Å². The zero-order valence-electron chi connectivity index (χ0n) is 11.0. The third-order valence-electron chi connectivity index (χ3n) is 2.82. The molecule has 3 rings (SSSR count). The van der Waals surface area contributed by atoms with E-state index in [1.54, 1.807) is 30.7 Å². The molecule has 0 bridgehead atoms. The quantitative estimate of drug-likeness (QED) is 0.570. The van der Waals surface area contributed by atoms with E-state index in [0.29, 0.717) is 0 Å². The SMILES string of the molecule is O=C(Cn1nnc2ccccc21)N/N=C/c1ccncc1. The molecule has 3 aromatic rings. The van der Waals surface area contributed by atoms with Gasteiger partial charge in [-0.25, -0.2) is 10.1 Å². The van der Waals surface area contributed by atoms with Crippen LogP contribution in [0.2, 0.25) is 0 Å². The van der Waals surface area contributed by atoms with Gasteiger partial charge in [0.1, 0.15) is 12.1 Å². The zero-order valence-corrected chi connectivity index (χ0v) is 11.0. The molecule has 0 aliphatic rings. The number of amides is 1. The van der Waals surface area contributed by atoms with E-state index in [0.717, 1.165) is 16.6 Å². The molecule has 0 aliphatic carbocycles. The molecular weight excluding hydrogens is 268 g/mol. The summed E-state index contributed by atoms with van der Waals surface area (Å²) in [6.45, 7) is 0.0637. The van der Waals surface area contributed by atoms with Crippen LogP contribution in [0.4, 0.5) is 0 Å².